The number of nitrogens with one attached hydrogen (secondary N) is 2. The van der Waals surface area contributed by atoms with Gasteiger partial charge in [0.1, 0.15) is 5.69 Å². The SMILES string of the molecule is C=Cc1c(C=O)nc2c(c1C)OCC(=O)N2.C=Cc1c(CO)nc2c(c1C)OCC(=O)N2.[O]=[Mn]=[O]. The first-order valence-corrected chi connectivity index (χ1v) is 10.9. The molecule has 2 aliphatic heterocycles. The van der Waals surface area contributed by atoms with Crippen molar-refractivity contribution in [1.29, 1.82) is 0 Å². The number of aliphatic hydroxyl groups is 1. The van der Waals surface area contributed by atoms with Gasteiger partial charge in [-0.2, -0.15) is 0 Å². The first-order chi connectivity index (χ1) is 16.8. The van der Waals surface area contributed by atoms with Crippen LogP contribution in [0.1, 0.15) is 38.4 Å². The van der Waals surface area contributed by atoms with Crippen molar-refractivity contribution in [2.45, 2.75) is 20.5 Å². The minimum atomic E-state index is -1.44. The molecular formula is C22H22MnN4O8. The Bertz CT molecular complexity index is 1240. The molecule has 0 bridgehead atoms. The van der Waals surface area contributed by atoms with E-state index in [1.165, 1.54) is 0 Å². The van der Waals surface area contributed by atoms with Crippen LogP contribution in [-0.2, 0) is 38.7 Å². The van der Waals surface area contributed by atoms with Crippen molar-refractivity contribution >= 4 is 41.9 Å². The number of fused-ring (bicyclic) bond motifs is 2. The Morgan fingerprint density at radius 1 is 0.943 bits per heavy atom. The molecular weight excluding hydrogens is 503 g/mol. The second-order valence-corrected chi connectivity index (χ2v) is 7.11. The summed E-state index contributed by atoms with van der Waals surface area (Å²) >= 11 is -1.44. The molecule has 3 N–H and O–H groups in total. The van der Waals surface area contributed by atoms with E-state index in [9.17, 15) is 19.5 Å². The molecule has 0 fully saturated rings. The summed E-state index contributed by atoms with van der Waals surface area (Å²) in [7, 11) is 0. The predicted molar refractivity (Wildman–Crippen MR) is 119 cm³/mol. The summed E-state index contributed by atoms with van der Waals surface area (Å²) in [6.07, 6.45) is 3.80. The van der Waals surface area contributed by atoms with E-state index in [0.717, 1.165) is 16.7 Å². The molecule has 12 nitrogen and oxygen atoms in total. The number of aromatic nitrogens is 2. The van der Waals surface area contributed by atoms with Gasteiger partial charge < -0.3 is 25.2 Å². The van der Waals surface area contributed by atoms with Crippen LogP contribution in [0.5, 0.6) is 11.5 Å². The molecule has 0 saturated carbocycles. The fourth-order valence-electron chi connectivity index (χ4n) is 3.36. The Kier molecular flexibility index (Phi) is 9.76. The van der Waals surface area contributed by atoms with Gasteiger partial charge >= 0.3 is 22.5 Å². The van der Waals surface area contributed by atoms with Crippen molar-refractivity contribution in [3.05, 3.63) is 46.8 Å². The molecule has 4 rings (SSSR count). The Labute approximate surface area is 206 Å². The van der Waals surface area contributed by atoms with Crippen molar-refractivity contribution in [2.24, 2.45) is 0 Å². The van der Waals surface area contributed by atoms with Crippen LogP contribution in [-0.4, -0.2) is 46.4 Å². The maximum atomic E-state index is 11.1. The van der Waals surface area contributed by atoms with Crippen LogP contribution in [0.4, 0.5) is 11.6 Å². The van der Waals surface area contributed by atoms with Crippen molar-refractivity contribution in [3.8, 4) is 11.5 Å². The molecule has 2 aromatic rings. The molecule has 4 heterocycles. The molecule has 35 heavy (non-hydrogen) atoms. The average molecular weight is 525 g/mol. The van der Waals surface area contributed by atoms with Crippen LogP contribution >= 0.6 is 0 Å². The number of carbonyl (C=O) groups excluding carboxylic acids is 3. The summed E-state index contributed by atoms with van der Waals surface area (Å²) in [5.74, 6) is 1.19. The summed E-state index contributed by atoms with van der Waals surface area (Å²) in [6, 6.07) is 0. The second kappa shape index (κ2) is 12.5. The molecule has 0 aromatic carbocycles. The number of carbonyl (C=O) groups is 3. The van der Waals surface area contributed by atoms with Gasteiger partial charge in [0.15, 0.2) is 42.6 Å². The molecule has 2 amide bonds. The summed E-state index contributed by atoms with van der Waals surface area (Å²) in [5.41, 5.74) is 3.68. The number of aldehydes is 1. The first kappa shape index (κ1) is 27.3. The molecule has 0 atom stereocenters. The number of amides is 2. The van der Waals surface area contributed by atoms with Gasteiger partial charge in [-0.3, -0.25) is 14.4 Å². The van der Waals surface area contributed by atoms with Gasteiger partial charge in [0, 0.05) is 22.3 Å². The average Bonchev–Trinajstić information content (AvgIpc) is 2.84. The van der Waals surface area contributed by atoms with E-state index in [0.29, 0.717) is 40.7 Å². The Morgan fingerprint density at radius 3 is 1.83 bits per heavy atom. The van der Waals surface area contributed by atoms with Gasteiger partial charge in [0.25, 0.3) is 11.8 Å². The van der Waals surface area contributed by atoms with Gasteiger partial charge in [-0.15, -0.1) is 0 Å². The molecule has 0 unspecified atom stereocenters. The number of ether oxygens (including phenoxy) is 2. The van der Waals surface area contributed by atoms with Crippen LogP contribution in [0.15, 0.2) is 13.2 Å². The number of aliphatic hydroxyl groups excluding tert-OH is 1. The van der Waals surface area contributed by atoms with Crippen molar-refractivity contribution in [2.75, 3.05) is 23.8 Å². The number of hydrogen-bond acceptors (Lipinski definition) is 10. The zero-order valence-electron chi connectivity index (χ0n) is 18.8. The summed E-state index contributed by atoms with van der Waals surface area (Å²) in [4.78, 5) is 41.2. The van der Waals surface area contributed by atoms with Gasteiger partial charge in [-0.25, -0.2) is 9.97 Å². The third kappa shape index (κ3) is 6.15. The minimum absolute atomic E-state index is 0.00935. The van der Waals surface area contributed by atoms with E-state index < -0.39 is 14.8 Å². The fraction of sp³-hybridized carbons (Fsp3) is 0.227. The van der Waals surface area contributed by atoms with E-state index in [4.69, 9.17) is 17.1 Å². The molecule has 2 aliphatic rings. The third-order valence-corrected chi connectivity index (χ3v) is 4.87. The standard InChI is InChI=1S/C11H12N2O3.C11H10N2O3.Mn.2O/c2*1-3-7-6(2)10-11(12-8(7)4-14)13-9(15)5-16-10;;;/h3,14H,1,4-5H2,2H3,(H,12,13,15);3-4H,1,5H2,2H3,(H,12,13,15);;;. The van der Waals surface area contributed by atoms with Crippen LogP contribution in [0.2, 0.25) is 0 Å². The summed E-state index contributed by atoms with van der Waals surface area (Å²) in [5, 5.41) is 14.3. The number of rotatable bonds is 4. The molecule has 0 aliphatic carbocycles. The van der Waals surface area contributed by atoms with E-state index in [-0.39, 0.29) is 37.3 Å². The van der Waals surface area contributed by atoms with Crippen molar-refractivity contribution < 1.29 is 51.5 Å². The van der Waals surface area contributed by atoms with E-state index in [1.54, 1.807) is 19.1 Å². The van der Waals surface area contributed by atoms with Gasteiger partial charge in [-0.1, -0.05) is 25.3 Å². The maximum absolute atomic E-state index is 11.1. The van der Waals surface area contributed by atoms with Crippen LogP contribution < -0.4 is 20.1 Å². The first-order valence-electron chi connectivity index (χ1n) is 9.89. The monoisotopic (exact) mass is 525 g/mol. The predicted octanol–water partition coefficient (Wildman–Crippen LogP) is 1.79. The number of pyridine rings is 2. The van der Waals surface area contributed by atoms with Gasteiger partial charge in [0.2, 0.25) is 0 Å². The van der Waals surface area contributed by atoms with E-state index in [1.807, 2.05) is 6.92 Å². The van der Waals surface area contributed by atoms with Gasteiger partial charge in [0.05, 0.1) is 12.3 Å². The van der Waals surface area contributed by atoms with Crippen molar-refractivity contribution in [3.63, 3.8) is 0 Å². The van der Waals surface area contributed by atoms with Crippen LogP contribution in [0.3, 0.4) is 0 Å². The molecule has 185 valence electrons. The molecule has 0 saturated heterocycles. The zero-order chi connectivity index (χ0) is 26.1. The zero-order valence-corrected chi connectivity index (χ0v) is 20.0. The second-order valence-electron chi connectivity index (χ2n) is 6.91. The third-order valence-electron chi connectivity index (χ3n) is 4.87. The van der Waals surface area contributed by atoms with Crippen LogP contribution in [0, 0.1) is 13.8 Å². The summed E-state index contributed by atoms with van der Waals surface area (Å²) < 4.78 is 27.4. The molecule has 13 heteroatoms. The number of anilines is 2. The molecule has 0 spiro atoms. The topological polar surface area (TPSA) is 174 Å². The number of nitrogens with zero attached hydrogens (tertiary/aromatic N) is 2. The summed E-state index contributed by atoms with van der Waals surface area (Å²) in [6.45, 7) is 10.7. The van der Waals surface area contributed by atoms with Gasteiger partial charge in [-0.05, 0) is 13.8 Å². The van der Waals surface area contributed by atoms with Crippen LogP contribution in [0.25, 0.3) is 12.2 Å². The van der Waals surface area contributed by atoms with E-state index in [2.05, 4.69) is 33.8 Å². The molecule has 2 aromatic heterocycles. The van der Waals surface area contributed by atoms with E-state index >= 15 is 0 Å². The fourth-order valence-corrected chi connectivity index (χ4v) is 3.36. The number of hydrogen-bond donors (Lipinski definition) is 3. The Hall–Kier alpha value is -3.93. The van der Waals surface area contributed by atoms with Crippen molar-refractivity contribution in [1.82, 2.24) is 9.97 Å². The Balaban J connectivity index is 0.000000222. The molecule has 0 radical (unpaired) electrons. The quantitative estimate of drug-likeness (QED) is 0.394. The Morgan fingerprint density at radius 2 is 1.40 bits per heavy atom. The normalized spacial score (nSPS) is 12.8.